The van der Waals surface area contributed by atoms with Crippen molar-refractivity contribution in [3.63, 3.8) is 0 Å². The molecular weight excluding hydrogens is 374 g/mol. The summed E-state index contributed by atoms with van der Waals surface area (Å²) in [5, 5.41) is 16.8. The van der Waals surface area contributed by atoms with Gasteiger partial charge in [0.25, 0.3) is 5.91 Å². The van der Waals surface area contributed by atoms with Crippen molar-refractivity contribution in [3.05, 3.63) is 71.5 Å². The number of nitrogens with one attached hydrogen (secondary N) is 1. The molecule has 0 spiro atoms. The Morgan fingerprint density at radius 3 is 2.61 bits per heavy atom. The standard InChI is InChI=1S/C22H22ClN3O2/c23-18-4-1-15(2-5-18)21(27)22(28)26-11-8-19(9-12-26)25-20-6-3-17-14-24-10-7-16(17)13-20/h1-7,10,13-14,19,21,25,27H,8-9,11-12H2. The second-order valence-electron chi connectivity index (χ2n) is 7.14. The molecule has 28 heavy (non-hydrogen) atoms. The van der Waals surface area contributed by atoms with Crippen LogP contribution in [0.15, 0.2) is 60.9 Å². The van der Waals surface area contributed by atoms with Gasteiger partial charge in [-0.15, -0.1) is 0 Å². The summed E-state index contributed by atoms with van der Waals surface area (Å²) < 4.78 is 0. The van der Waals surface area contributed by atoms with Crippen LogP contribution in [0.3, 0.4) is 0 Å². The molecule has 2 heterocycles. The number of halogens is 1. The minimum atomic E-state index is -1.14. The molecule has 4 rings (SSSR count). The van der Waals surface area contributed by atoms with E-state index in [4.69, 9.17) is 11.6 Å². The van der Waals surface area contributed by atoms with Crippen LogP contribution in [-0.4, -0.2) is 40.0 Å². The number of likely N-dealkylation sites (tertiary alicyclic amines) is 1. The van der Waals surface area contributed by atoms with E-state index in [0.29, 0.717) is 29.7 Å². The first-order valence-corrected chi connectivity index (χ1v) is 9.80. The molecule has 1 aliphatic rings. The van der Waals surface area contributed by atoms with Crippen molar-refractivity contribution in [2.45, 2.75) is 25.0 Å². The van der Waals surface area contributed by atoms with Crippen molar-refractivity contribution in [1.29, 1.82) is 0 Å². The van der Waals surface area contributed by atoms with Gasteiger partial charge in [0.05, 0.1) is 0 Å². The van der Waals surface area contributed by atoms with E-state index in [1.807, 2.05) is 12.3 Å². The summed E-state index contributed by atoms with van der Waals surface area (Å²) in [4.78, 5) is 18.5. The molecule has 1 saturated heterocycles. The molecule has 2 N–H and O–H groups in total. The largest absolute Gasteiger partial charge is 0.382 e. The van der Waals surface area contributed by atoms with E-state index in [9.17, 15) is 9.90 Å². The third-order valence-electron chi connectivity index (χ3n) is 5.24. The Hall–Kier alpha value is -2.63. The van der Waals surface area contributed by atoms with Gasteiger partial charge in [0.2, 0.25) is 0 Å². The van der Waals surface area contributed by atoms with E-state index in [2.05, 4.69) is 28.5 Å². The Morgan fingerprint density at radius 1 is 1.11 bits per heavy atom. The van der Waals surface area contributed by atoms with Crippen molar-refractivity contribution in [2.75, 3.05) is 18.4 Å². The molecule has 1 atom stereocenters. The number of aliphatic hydroxyl groups excluding tert-OH is 1. The van der Waals surface area contributed by atoms with Gasteiger partial charge in [0.1, 0.15) is 0 Å². The lowest BCUT2D eigenvalue weighted by Crippen LogP contribution is -2.44. The summed E-state index contributed by atoms with van der Waals surface area (Å²) >= 11 is 5.87. The highest BCUT2D eigenvalue weighted by Crippen LogP contribution is 2.24. The number of pyridine rings is 1. The van der Waals surface area contributed by atoms with Crippen LogP contribution in [0, 0.1) is 0 Å². The third kappa shape index (κ3) is 4.11. The van der Waals surface area contributed by atoms with Crippen LogP contribution < -0.4 is 5.32 Å². The van der Waals surface area contributed by atoms with Crippen LogP contribution in [0.4, 0.5) is 5.69 Å². The molecule has 2 aromatic carbocycles. The number of benzene rings is 2. The molecule has 1 fully saturated rings. The molecule has 6 heteroatoms. The van der Waals surface area contributed by atoms with Gasteiger partial charge in [-0.2, -0.15) is 0 Å². The van der Waals surface area contributed by atoms with Crippen molar-refractivity contribution in [1.82, 2.24) is 9.88 Å². The van der Waals surface area contributed by atoms with Crippen LogP contribution in [0.2, 0.25) is 5.02 Å². The number of aromatic nitrogens is 1. The zero-order valence-corrected chi connectivity index (χ0v) is 16.1. The van der Waals surface area contributed by atoms with E-state index in [1.165, 1.54) is 0 Å². The number of carbonyl (C=O) groups is 1. The van der Waals surface area contributed by atoms with Crippen LogP contribution >= 0.6 is 11.6 Å². The lowest BCUT2D eigenvalue weighted by Gasteiger charge is -2.34. The number of nitrogens with zero attached hydrogens (tertiary/aromatic N) is 2. The van der Waals surface area contributed by atoms with Gasteiger partial charge >= 0.3 is 0 Å². The number of anilines is 1. The number of hydrogen-bond acceptors (Lipinski definition) is 4. The summed E-state index contributed by atoms with van der Waals surface area (Å²) in [6.07, 6.45) is 4.19. The molecular formula is C22H22ClN3O2. The van der Waals surface area contributed by atoms with E-state index in [0.717, 1.165) is 29.3 Å². The van der Waals surface area contributed by atoms with Gasteiger partial charge in [-0.3, -0.25) is 9.78 Å². The van der Waals surface area contributed by atoms with Crippen molar-refractivity contribution >= 4 is 34.0 Å². The predicted molar refractivity (Wildman–Crippen MR) is 111 cm³/mol. The summed E-state index contributed by atoms with van der Waals surface area (Å²) in [5.74, 6) is -0.251. The van der Waals surface area contributed by atoms with Gasteiger partial charge < -0.3 is 15.3 Å². The lowest BCUT2D eigenvalue weighted by molar-refractivity contribution is -0.141. The topological polar surface area (TPSA) is 65.5 Å². The fourth-order valence-electron chi connectivity index (χ4n) is 3.61. The van der Waals surface area contributed by atoms with Crippen LogP contribution in [0.1, 0.15) is 24.5 Å². The molecule has 144 valence electrons. The van der Waals surface area contributed by atoms with Crippen molar-refractivity contribution < 1.29 is 9.90 Å². The maximum atomic E-state index is 12.6. The number of fused-ring (bicyclic) bond motifs is 1. The average Bonchev–Trinajstić information content (AvgIpc) is 2.74. The monoisotopic (exact) mass is 395 g/mol. The fourth-order valence-corrected chi connectivity index (χ4v) is 3.74. The fraction of sp³-hybridized carbons (Fsp3) is 0.273. The second-order valence-corrected chi connectivity index (χ2v) is 7.57. The maximum Gasteiger partial charge on any atom is 0.256 e. The predicted octanol–water partition coefficient (Wildman–Crippen LogP) is 4.02. The Kier molecular flexibility index (Phi) is 5.46. The molecule has 0 saturated carbocycles. The summed E-state index contributed by atoms with van der Waals surface area (Å²) in [6, 6.07) is 15.3. The number of hydrogen-bond donors (Lipinski definition) is 2. The van der Waals surface area contributed by atoms with Gasteiger partial charge in [0.15, 0.2) is 6.10 Å². The molecule has 5 nitrogen and oxygen atoms in total. The van der Waals surface area contributed by atoms with Gasteiger partial charge in [-0.05, 0) is 54.1 Å². The highest BCUT2D eigenvalue weighted by atomic mass is 35.5. The maximum absolute atomic E-state index is 12.6. The Labute approximate surface area is 169 Å². The number of carbonyl (C=O) groups excluding carboxylic acids is 1. The molecule has 1 aliphatic heterocycles. The highest BCUT2D eigenvalue weighted by molar-refractivity contribution is 6.30. The molecule has 1 unspecified atom stereocenters. The van der Waals surface area contributed by atoms with Crippen molar-refractivity contribution in [2.24, 2.45) is 0 Å². The second kappa shape index (κ2) is 8.17. The Balaban J connectivity index is 1.34. The van der Waals surface area contributed by atoms with E-state index < -0.39 is 6.10 Å². The van der Waals surface area contributed by atoms with Crippen LogP contribution in [-0.2, 0) is 4.79 Å². The number of aliphatic hydroxyl groups is 1. The lowest BCUT2D eigenvalue weighted by atomic mass is 10.0. The zero-order valence-electron chi connectivity index (χ0n) is 15.4. The van der Waals surface area contributed by atoms with Crippen LogP contribution in [0.5, 0.6) is 0 Å². The SMILES string of the molecule is O=C(C(O)c1ccc(Cl)cc1)N1CCC(Nc2ccc3cnccc3c2)CC1. The van der Waals surface area contributed by atoms with Crippen molar-refractivity contribution in [3.8, 4) is 0 Å². The Morgan fingerprint density at radius 2 is 1.86 bits per heavy atom. The van der Waals surface area contributed by atoms with Gasteiger partial charge in [-0.25, -0.2) is 0 Å². The van der Waals surface area contributed by atoms with E-state index >= 15 is 0 Å². The number of amides is 1. The molecule has 1 aromatic heterocycles. The average molecular weight is 396 g/mol. The van der Waals surface area contributed by atoms with Gasteiger partial charge in [-0.1, -0.05) is 29.8 Å². The number of rotatable bonds is 4. The summed E-state index contributed by atoms with van der Waals surface area (Å²) in [5.41, 5.74) is 1.64. The molecule has 3 aromatic rings. The Bertz CT molecular complexity index is 969. The normalized spacial score (nSPS) is 16.1. The molecule has 0 aliphatic carbocycles. The summed E-state index contributed by atoms with van der Waals surface area (Å²) in [6.45, 7) is 1.25. The van der Waals surface area contributed by atoms with Crippen LogP contribution in [0.25, 0.3) is 10.8 Å². The van der Waals surface area contributed by atoms with E-state index in [1.54, 1.807) is 35.4 Å². The molecule has 0 bridgehead atoms. The smallest absolute Gasteiger partial charge is 0.256 e. The zero-order chi connectivity index (χ0) is 19.5. The minimum absolute atomic E-state index is 0.251. The van der Waals surface area contributed by atoms with E-state index in [-0.39, 0.29) is 5.91 Å². The number of piperidine rings is 1. The third-order valence-corrected chi connectivity index (χ3v) is 5.49. The molecule has 0 radical (unpaired) electrons. The quantitative estimate of drug-likeness (QED) is 0.700. The first kappa shape index (κ1) is 18.7. The highest BCUT2D eigenvalue weighted by Gasteiger charge is 2.28. The van der Waals surface area contributed by atoms with Gasteiger partial charge in [0, 0.05) is 47.6 Å². The minimum Gasteiger partial charge on any atom is -0.382 e. The first-order valence-electron chi connectivity index (χ1n) is 9.43. The molecule has 1 amide bonds. The summed E-state index contributed by atoms with van der Waals surface area (Å²) in [7, 11) is 0. The first-order chi connectivity index (χ1) is 13.6.